The van der Waals surface area contributed by atoms with Gasteiger partial charge in [-0.15, -0.1) is 0 Å². The number of H-pyrrole nitrogens is 1. The normalized spacial score (nSPS) is 9.62. The minimum absolute atomic E-state index is 0.0762. The van der Waals surface area contributed by atoms with E-state index in [-0.39, 0.29) is 17.8 Å². The minimum atomic E-state index is -0.482. The second-order valence-electron chi connectivity index (χ2n) is 3.95. The fraction of sp³-hybridized carbons (Fsp3) is 0.0714. The van der Waals surface area contributed by atoms with Crippen molar-refractivity contribution in [2.45, 2.75) is 0 Å². The molecule has 4 N–H and O–H groups in total. The van der Waals surface area contributed by atoms with Gasteiger partial charge in [0.05, 0.1) is 18.4 Å². The van der Waals surface area contributed by atoms with E-state index in [0.29, 0.717) is 16.3 Å². The lowest BCUT2D eigenvalue weighted by Gasteiger charge is -2.07. The molecule has 1 heterocycles. The molecule has 1 aromatic carbocycles. The van der Waals surface area contributed by atoms with Crippen molar-refractivity contribution < 1.29 is 4.79 Å². The average molecular weight is 303 g/mol. The highest BCUT2D eigenvalue weighted by Gasteiger charge is 2.10. The molecule has 0 aliphatic rings. The van der Waals surface area contributed by atoms with Crippen molar-refractivity contribution in [3.8, 4) is 11.8 Å². The Morgan fingerprint density at radius 3 is 2.95 bits per heavy atom. The largest absolute Gasteiger partial charge is 0.325 e. The van der Waals surface area contributed by atoms with E-state index in [1.54, 1.807) is 18.2 Å². The van der Waals surface area contributed by atoms with Crippen molar-refractivity contribution in [2.75, 3.05) is 11.9 Å². The molecule has 0 atom stereocenters. The van der Waals surface area contributed by atoms with E-state index < -0.39 is 5.91 Å². The van der Waals surface area contributed by atoms with Gasteiger partial charge >= 0.3 is 0 Å². The van der Waals surface area contributed by atoms with E-state index in [1.807, 2.05) is 0 Å². The number of benzene rings is 1. The van der Waals surface area contributed by atoms with Gasteiger partial charge in [0.1, 0.15) is 5.69 Å². The second-order valence-corrected chi connectivity index (χ2v) is 4.38. The third-order valence-electron chi connectivity index (χ3n) is 2.46. The lowest BCUT2D eigenvalue weighted by Crippen LogP contribution is -2.17. The first-order chi connectivity index (χ1) is 10.1. The van der Waals surface area contributed by atoms with Crippen LogP contribution in [0.4, 0.5) is 5.69 Å². The van der Waals surface area contributed by atoms with Gasteiger partial charge in [0, 0.05) is 16.8 Å². The number of amides is 1. The SMILES string of the molecule is NCC#Cc1ccc(Cl)cc1NC(=O)c1c[nH]c(=O)cn1. The van der Waals surface area contributed by atoms with Crippen LogP contribution in [0.25, 0.3) is 0 Å². The summed E-state index contributed by atoms with van der Waals surface area (Å²) in [6, 6.07) is 4.92. The van der Waals surface area contributed by atoms with Gasteiger partial charge in [0.2, 0.25) is 0 Å². The van der Waals surface area contributed by atoms with Gasteiger partial charge in [-0.05, 0) is 18.2 Å². The van der Waals surface area contributed by atoms with Crippen LogP contribution < -0.4 is 16.6 Å². The third-order valence-corrected chi connectivity index (χ3v) is 2.69. The number of aromatic nitrogens is 2. The number of carbonyl (C=O) groups is 1. The summed E-state index contributed by atoms with van der Waals surface area (Å²) in [4.78, 5) is 29.1. The molecule has 2 aromatic rings. The number of hydrogen-bond acceptors (Lipinski definition) is 4. The number of halogens is 1. The number of rotatable bonds is 2. The fourth-order valence-corrected chi connectivity index (χ4v) is 1.70. The smallest absolute Gasteiger partial charge is 0.275 e. The maximum absolute atomic E-state index is 12.1. The quantitative estimate of drug-likeness (QED) is 0.720. The molecule has 1 aromatic heterocycles. The molecular formula is C14H11ClN4O2. The van der Waals surface area contributed by atoms with Crippen LogP contribution in [-0.4, -0.2) is 22.4 Å². The highest BCUT2D eigenvalue weighted by Crippen LogP contribution is 2.20. The van der Waals surface area contributed by atoms with E-state index in [1.165, 1.54) is 6.20 Å². The van der Waals surface area contributed by atoms with Crippen LogP contribution in [-0.2, 0) is 0 Å². The monoisotopic (exact) mass is 302 g/mol. The van der Waals surface area contributed by atoms with E-state index in [2.05, 4.69) is 27.1 Å². The molecule has 0 radical (unpaired) electrons. The molecule has 0 aliphatic carbocycles. The van der Waals surface area contributed by atoms with Gasteiger partial charge < -0.3 is 16.0 Å². The Morgan fingerprint density at radius 2 is 2.29 bits per heavy atom. The molecule has 0 bridgehead atoms. The number of aromatic amines is 1. The predicted octanol–water partition coefficient (Wildman–Crippen LogP) is 0.986. The molecule has 0 saturated carbocycles. The van der Waals surface area contributed by atoms with E-state index in [0.717, 1.165) is 6.20 Å². The first kappa shape index (κ1) is 14.8. The van der Waals surface area contributed by atoms with Gasteiger partial charge in [-0.3, -0.25) is 9.59 Å². The highest BCUT2D eigenvalue weighted by molar-refractivity contribution is 6.31. The maximum Gasteiger partial charge on any atom is 0.275 e. The molecular weight excluding hydrogens is 292 g/mol. The van der Waals surface area contributed by atoms with Gasteiger partial charge in [0.15, 0.2) is 0 Å². The topological polar surface area (TPSA) is 101 Å². The summed E-state index contributed by atoms with van der Waals surface area (Å²) in [6.45, 7) is 0.206. The van der Waals surface area contributed by atoms with Crippen molar-refractivity contribution in [2.24, 2.45) is 5.73 Å². The van der Waals surface area contributed by atoms with Crippen molar-refractivity contribution in [3.63, 3.8) is 0 Å². The summed E-state index contributed by atoms with van der Waals surface area (Å²) in [7, 11) is 0. The standard InChI is InChI=1S/C14H11ClN4O2/c15-10-4-3-9(2-1-5-16)11(6-10)19-14(21)12-7-18-13(20)8-17-12/h3-4,6-8H,5,16H2,(H,18,20)(H,19,21). The van der Waals surface area contributed by atoms with Gasteiger partial charge in [-0.2, -0.15) is 0 Å². The summed E-state index contributed by atoms with van der Waals surface area (Å²) in [5, 5.41) is 3.10. The number of hydrogen-bond donors (Lipinski definition) is 3. The Bertz CT molecular complexity index is 769. The number of nitrogens with zero attached hydrogens (tertiary/aromatic N) is 1. The Morgan fingerprint density at radius 1 is 1.48 bits per heavy atom. The first-order valence-electron chi connectivity index (χ1n) is 5.94. The van der Waals surface area contributed by atoms with Gasteiger partial charge in [0.25, 0.3) is 11.5 Å². The molecule has 2 rings (SSSR count). The van der Waals surface area contributed by atoms with Crippen LogP contribution in [0.15, 0.2) is 35.4 Å². The Hall–Kier alpha value is -2.62. The average Bonchev–Trinajstić information content (AvgIpc) is 2.47. The highest BCUT2D eigenvalue weighted by atomic mass is 35.5. The molecule has 6 nitrogen and oxygen atoms in total. The zero-order valence-electron chi connectivity index (χ0n) is 10.8. The predicted molar refractivity (Wildman–Crippen MR) is 80.2 cm³/mol. The minimum Gasteiger partial charge on any atom is -0.325 e. The number of nitrogens with one attached hydrogen (secondary N) is 2. The van der Waals surface area contributed by atoms with Crippen LogP contribution in [0.5, 0.6) is 0 Å². The molecule has 0 fully saturated rings. The van der Waals surface area contributed by atoms with Crippen LogP contribution in [0, 0.1) is 11.8 Å². The first-order valence-corrected chi connectivity index (χ1v) is 6.32. The lowest BCUT2D eigenvalue weighted by atomic mass is 10.1. The molecule has 21 heavy (non-hydrogen) atoms. The van der Waals surface area contributed by atoms with Crippen molar-refractivity contribution in [1.82, 2.24) is 9.97 Å². The molecule has 1 amide bonds. The number of anilines is 1. The zero-order chi connectivity index (χ0) is 15.2. The van der Waals surface area contributed by atoms with Crippen molar-refractivity contribution in [3.05, 3.63) is 57.2 Å². The van der Waals surface area contributed by atoms with E-state index in [4.69, 9.17) is 17.3 Å². The summed E-state index contributed by atoms with van der Waals surface area (Å²) < 4.78 is 0. The van der Waals surface area contributed by atoms with Crippen LogP contribution in [0.1, 0.15) is 16.1 Å². The zero-order valence-corrected chi connectivity index (χ0v) is 11.6. The van der Waals surface area contributed by atoms with E-state index in [9.17, 15) is 9.59 Å². The summed E-state index contributed by atoms with van der Waals surface area (Å²) in [5.41, 5.74) is 6.05. The van der Waals surface area contributed by atoms with Crippen LogP contribution in [0.2, 0.25) is 5.02 Å². The van der Waals surface area contributed by atoms with Gasteiger partial charge in [-0.25, -0.2) is 4.98 Å². The maximum atomic E-state index is 12.1. The van der Waals surface area contributed by atoms with Crippen LogP contribution in [0.3, 0.4) is 0 Å². The Kier molecular flexibility index (Phi) is 4.72. The number of carbonyl (C=O) groups excluding carboxylic acids is 1. The van der Waals surface area contributed by atoms with Crippen molar-refractivity contribution in [1.29, 1.82) is 0 Å². The lowest BCUT2D eigenvalue weighted by molar-refractivity contribution is 0.102. The summed E-state index contributed by atoms with van der Waals surface area (Å²) in [5.74, 6) is 5.06. The molecule has 0 spiro atoms. The Balaban J connectivity index is 2.29. The molecule has 7 heteroatoms. The molecule has 0 saturated heterocycles. The number of nitrogens with two attached hydrogens (primary N) is 1. The van der Waals surface area contributed by atoms with Crippen LogP contribution >= 0.6 is 11.6 Å². The summed E-state index contributed by atoms with van der Waals surface area (Å²) >= 11 is 5.91. The fourth-order valence-electron chi connectivity index (χ4n) is 1.53. The molecule has 0 aliphatic heterocycles. The molecule has 0 unspecified atom stereocenters. The second kappa shape index (κ2) is 6.70. The summed E-state index contributed by atoms with van der Waals surface area (Å²) in [6.07, 6.45) is 2.26. The molecule has 106 valence electrons. The van der Waals surface area contributed by atoms with Crippen molar-refractivity contribution >= 4 is 23.2 Å². The Labute approximate surface area is 125 Å². The third kappa shape index (κ3) is 3.92. The van der Waals surface area contributed by atoms with E-state index >= 15 is 0 Å². The van der Waals surface area contributed by atoms with Gasteiger partial charge in [-0.1, -0.05) is 23.4 Å².